The van der Waals surface area contributed by atoms with Gasteiger partial charge in [0.25, 0.3) is 0 Å². The fourth-order valence-corrected chi connectivity index (χ4v) is 2.94. The number of hydrogen-bond acceptors (Lipinski definition) is 5. The van der Waals surface area contributed by atoms with Gasteiger partial charge in [-0.1, -0.05) is 6.07 Å². The average Bonchev–Trinajstić information content (AvgIpc) is 3.11. The second-order valence-corrected chi connectivity index (χ2v) is 5.83. The first-order chi connectivity index (χ1) is 11.4. The highest BCUT2D eigenvalue weighted by Crippen LogP contribution is 2.40. The number of anilines is 1. The fourth-order valence-electron chi connectivity index (χ4n) is 2.94. The Morgan fingerprint density at radius 2 is 1.96 bits per heavy atom. The maximum Gasteiger partial charge on any atom is 0.328 e. The Morgan fingerprint density at radius 3 is 2.54 bits per heavy atom. The quantitative estimate of drug-likeness (QED) is 0.705. The van der Waals surface area contributed by atoms with Crippen LogP contribution in [0.4, 0.5) is 5.69 Å². The standard InChI is InChI=1S/C13H18N2O.C4H4O4/c1-9(14)8-15-6-4-10-2-3-12-11(13(10)15)5-7-16-12;5-3(6)1-2-4(7)8/h2-3,9H,4-8,14H2,1H3;1-2H,(H,5,6)(H,7,8)/b;2-1+/t9-;/m0./s1. The molecule has 1 atom stereocenters. The van der Waals surface area contributed by atoms with E-state index in [-0.39, 0.29) is 6.04 Å². The number of hydrogen-bond donors (Lipinski definition) is 3. The largest absolute Gasteiger partial charge is 0.493 e. The molecule has 130 valence electrons. The minimum atomic E-state index is -1.26. The SMILES string of the molecule is C[C@H](N)CN1CCc2ccc3c(c21)CCO3.O=C(O)/C=C/C(=O)O. The zero-order valence-corrected chi connectivity index (χ0v) is 13.6. The number of ether oxygens (including phenoxy) is 1. The molecule has 4 N–H and O–H groups in total. The molecule has 0 bridgehead atoms. The molecule has 0 aromatic heterocycles. The molecule has 7 heteroatoms. The second-order valence-electron chi connectivity index (χ2n) is 5.83. The van der Waals surface area contributed by atoms with Crippen LogP contribution < -0.4 is 15.4 Å². The smallest absolute Gasteiger partial charge is 0.328 e. The van der Waals surface area contributed by atoms with Crippen LogP contribution in [0.25, 0.3) is 0 Å². The summed E-state index contributed by atoms with van der Waals surface area (Å²) in [6.07, 6.45) is 3.31. The van der Waals surface area contributed by atoms with E-state index in [1.165, 1.54) is 16.8 Å². The van der Waals surface area contributed by atoms with Gasteiger partial charge >= 0.3 is 11.9 Å². The van der Waals surface area contributed by atoms with Gasteiger partial charge in [-0.15, -0.1) is 0 Å². The van der Waals surface area contributed by atoms with Gasteiger partial charge in [0.1, 0.15) is 5.75 Å². The number of carboxylic acid groups (broad SMARTS) is 2. The Kier molecular flexibility index (Phi) is 5.81. The fraction of sp³-hybridized carbons (Fsp3) is 0.412. The van der Waals surface area contributed by atoms with Gasteiger partial charge < -0.3 is 25.6 Å². The van der Waals surface area contributed by atoms with Gasteiger partial charge in [0.2, 0.25) is 0 Å². The van der Waals surface area contributed by atoms with Crippen molar-refractivity contribution >= 4 is 17.6 Å². The molecule has 24 heavy (non-hydrogen) atoms. The number of aliphatic carboxylic acids is 2. The molecule has 0 radical (unpaired) electrons. The Balaban J connectivity index is 0.000000224. The van der Waals surface area contributed by atoms with E-state index in [1.54, 1.807) is 0 Å². The van der Waals surface area contributed by atoms with Crippen molar-refractivity contribution in [2.45, 2.75) is 25.8 Å². The Hall–Kier alpha value is -2.54. The van der Waals surface area contributed by atoms with Crippen LogP contribution in [0.15, 0.2) is 24.3 Å². The predicted octanol–water partition coefficient (Wildman–Crippen LogP) is 1.04. The minimum Gasteiger partial charge on any atom is -0.493 e. The van der Waals surface area contributed by atoms with E-state index in [0.29, 0.717) is 12.2 Å². The molecule has 0 amide bonds. The van der Waals surface area contributed by atoms with Crippen molar-refractivity contribution in [2.24, 2.45) is 5.73 Å². The van der Waals surface area contributed by atoms with E-state index >= 15 is 0 Å². The Bertz CT molecular complexity index is 639. The second kappa shape index (κ2) is 7.83. The summed E-state index contributed by atoms with van der Waals surface area (Å²) in [6.45, 7) is 4.95. The van der Waals surface area contributed by atoms with Crippen LogP contribution in [0.2, 0.25) is 0 Å². The van der Waals surface area contributed by atoms with E-state index < -0.39 is 11.9 Å². The summed E-state index contributed by atoms with van der Waals surface area (Å²) in [5, 5.41) is 15.6. The van der Waals surface area contributed by atoms with Crippen LogP contribution in [-0.4, -0.2) is 47.9 Å². The topological polar surface area (TPSA) is 113 Å². The first-order valence-electron chi connectivity index (χ1n) is 7.80. The van der Waals surface area contributed by atoms with Crippen molar-refractivity contribution in [1.29, 1.82) is 0 Å². The molecular weight excluding hydrogens is 312 g/mol. The molecule has 2 aliphatic heterocycles. The van der Waals surface area contributed by atoms with Gasteiger partial charge in [-0.05, 0) is 25.0 Å². The number of nitrogens with zero attached hydrogens (tertiary/aromatic N) is 1. The Labute approximate surface area is 140 Å². The normalized spacial score (nSPS) is 16.0. The molecule has 7 nitrogen and oxygen atoms in total. The van der Waals surface area contributed by atoms with Crippen LogP contribution in [-0.2, 0) is 22.4 Å². The number of fused-ring (bicyclic) bond motifs is 3. The first-order valence-corrected chi connectivity index (χ1v) is 7.80. The molecule has 2 aliphatic rings. The third kappa shape index (κ3) is 4.48. The third-order valence-electron chi connectivity index (χ3n) is 3.78. The molecule has 0 saturated heterocycles. The van der Waals surface area contributed by atoms with Crippen molar-refractivity contribution in [3.05, 3.63) is 35.4 Å². The molecule has 0 unspecified atom stereocenters. The number of nitrogens with two attached hydrogens (primary N) is 1. The summed E-state index contributed by atoms with van der Waals surface area (Å²) in [5.41, 5.74) is 10.2. The summed E-state index contributed by atoms with van der Waals surface area (Å²) in [5.74, 6) is -1.44. The number of rotatable bonds is 4. The summed E-state index contributed by atoms with van der Waals surface area (Å²) in [6, 6.07) is 4.56. The summed E-state index contributed by atoms with van der Waals surface area (Å²) < 4.78 is 5.62. The van der Waals surface area contributed by atoms with Gasteiger partial charge in [0.05, 0.1) is 6.61 Å². The first kappa shape index (κ1) is 17.8. The van der Waals surface area contributed by atoms with Gasteiger partial charge in [-0.2, -0.15) is 0 Å². The molecule has 1 aromatic carbocycles. The van der Waals surface area contributed by atoms with E-state index in [9.17, 15) is 9.59 Å². The molecular formula is C17H22N2O5. The summed E-state index contributed by atoms with van der Waals surface area (Å²) >= 11 is 0. The van der Waals surface area contributed by atoms with Crippen LogP contribution in [0, 0.1) is 0 Å². The average molecular weight is 334 g/mol. The summed E-state index contributed by atoms with van der Waals surface area (Å²) in [4.78, 5) is 21.5. The van der Waals surface area contributed by atoms with Crippen LogP contribution in [0.5, 0.6) is 5.75 Å². The van der Waals surface area contributed by atoms with Crippen LogP contribution in [0.3, 0.4) is 0 Å². The zero-order chi connectivity index (χ0) is 17.7. The van der Waals surface area contributed by atoms with Gasteiger partial charge in [-0.3, -0.25) is 0 Å². The van der Waals surface area contributed by atoms with Crippen LogP contribution >= 0.6 is 0 Å². The minimum absolute atomic E-state index is 0.226. The molecule has 0 saturated carbocycles. The lowest BCUT2D eigenvalue weighted by Gasteiger charge is -2.23. The van der Waals surface area contributed by atoms with Crippen molar-refractivity contribution in [2.75, 3.05) is 24.6 Å². The lowest BCUT2D eigenvalue weighted by atomic mass is 10.1. The molecule has 3 rings (SSSR count). The lowest BCUT2D eigenvalue weighted by Crippen LogP contribution is -2.34. The van der Waals surface area contributed by atoms with Gasteiger partial charge in [-0.25, -0.2) is 9.59 Å². The third-order valence-corrected chi connectivity index (χ3v) is 3.78. The molecule has 2 heterocycles. The maximum atomic E-state index is 9.55. The van der Waals surface area contributed by atoms with Gasteiger partial charge in [0.15, 0.2) is 0 Å². The van der Waals surface area contributed by atoms with Crippen molar-refractivity contribution in [3.63, 3.8) is 0 Å². The van der Waals surface area contributed by atoms with Crippen LogP contribution in [0.1, 0.15) is 18.1 Å². The summed E-state index contributed by atoms with van der Waals surface area (Å²) in [7, 11) is 0. The highest BCUT2D eigenvalue weighted by atomic mass is 16.5. The Morgan fingerprint density at radius 1 is 1.29 bits per heavy atom. The highest BCUT2D eigenvalue weighted by Gasteiger charge is 2.27. The number of carboxylic acids is 2. The van der Waals surface area contributed by atoms with Crippen molar-refractivity contribution < 1.29 is 24.5 Å². The van der Waals surface area contributed by atoms with Crippen molar-refractivity contribution in [3.8, 4) is 5.75 Å². The molecule has 0 spiro atoms. The lowest BCUT2D eigenvalue weighted by molar-refractivity contribution is -0.134. The van der Waals surface area contributed by atoms with E-state index in [4.69, 9.17) is 20.7 Å². The molecule has 1 aromatic rings. The predicted molar refractivity (Wildman–Crippen MR) is 89.6 cm³/mol. The van der Waals surface area contributed by atoms with Crippen molar-refractivity contribution in [1.82, 2.24) is 0 Å². The van der Waals surface area contributed by atoms with E-state index in [1.807, 2.05) is 0 Å². The van der Waals surface area contributed by atoms with Gasteiger partial charge in [0, 0.05) is 49.0 Å². The number of carbonyl (C=O) groups is 2. The maximum absolute atomic E-state index is 9.55. The highest BCUT2D eigenvalue weighted by molar-refractivity contribution is 5.89. The van der Waals surface area contributed by atoms with E-state index in [2.05, 4.69) is 24.0 Å². The number of benzene rings is 1. The monoisotopic (exact) mass is 334 g/mol. The zero-order valence-electron chi connectivity index (χ0n) is 13.6. The molecule has 0 aliphatic carbocycles. The van der Waals surface area contributed by atoms with E-state index in [0.717, 1.165) is 38.3 Å². The molecule has 0 fully saturated rings.